The van der Waals surface area contributed by atoms with E-state index in [1.807, 2.05) is 20.2 Å². The van der Waals surface area contributed by atoms with Crippen LogP contribution in [0.2, 0.25) is 0 Å². The number of hydrogen-bond donors (Lipinski definition) is 1. The SMILES string of the molecule is CCCNc1nc(-c2cccc(F)c2C)nc(N(C)C)n1. The Bertz CT molecular complexity index is 627. The zero-order chi connectivity index (χ0) is 15.4. The molecule has 0 aliphatic carbocycles. The van der Waals surface area contributed by atoms with E-state index in [0.717, 1.165) is 13.0 Å². The highest BCUT2D eigenvalue weighted by molar-refractivity contribution is 5.62. The van der Waals surface area contributed by atoms with Crippen LogP contribution in [0.4, 0.5) is 16.3 Å². The van der Waals surface area contributed by atoms with Crippen molar-refractivity contribution in [3.63, 3.8) is 0 Å². The van der Waals surface area contributed by atoms with E-state index in [9.17, 15) is 4.39 Å². The summed E-state index contributed by atoms with van der Waals surface area (Å²) < 4.78 is 13.7. The lowest BCUT2D eigenvalue weighted by Crippen LogP contribution is -2.16. The highest BCUT2D eigenvalue weighted by Crippen LogP contribution is 2.24. The van der Waals surface area contributed by atoms with E-state index < -0.39 is 0 Å². The van der Waals surface area contributed by atoms with E-state index in [-0.39, 0.29) is 5.82 Å². The van der Waals surface area contributed by atoms with E-state index in [0.29, 0.717) is 28.8 Å². The third kappa shape index (κ3) is 3.45. The molecule has 2 rings (SSSR count). The van der Waals surface area contributed by atoms with Crippen LogP contribution < -0.4 is 10.2 Å². The number of nitrogens with one attached hydrogen (secondary N) is 1. The first-order valence-corrected chi connectivity index (χ1v) is 6.95. The molecule has 6 heteroatoms. The Hall–Kier alpha value is -2.24. The molecule has 5 nitrogen and oxygen atoms in total. The van der Waals surface area contributed by atoms with Crippen molar-refractivity contribution in [1.82, 2.24) is 15.0 Å². The minimum atomic E-state index is -0.262. The Balaban J connectivity index is 2.51. The molecular formula is C15H20FN5. The molecule has 112 valence electrons. The lowest BCUT2D eigenvalue weighted by Gasteiger charge is -2.14. The third-order valence-corrected chi connectivity index (χ3v) is 3.07. The average Bonchev–Trinajstić information content (AvgIpc) is 2.47. The summed E-state index contributed by atoms with van der Waals surface area (Å²) in [6.45, 7) is 4.57. The van der Waals surface area contributed by atoms with Gasteiger partial charge >= 0.3 is 0 Å². The van der Waals surface area contributed by atoms with Crippen molar-refractivity contribution in [1.29, 1.82) is 0 Å². The van der Waals surface area contributed by atoms with Crippen molar-refractivity contribution in [3.05, 3.63) is 29.6 Å². The van der Waals surface area contributed by atoms with Crippen molar-refractivity contribution in [2.45, 2.75) is 20.3 Å². The van der Waals surface area contributed by atoms with Crippen LogP contribution in [-0.2, 0) is 0 Å². The number of hydrogen-bond acceptors (Lipinski definition) is 5. The molecule has 1 aromatic carbocycles. The Morgan fingerprint density at radius 1 is 1.19 bits per heavy atom. The van der Waals surface area contributed by atoms with Crippen molar-refractivity contribution in [3.8, 4) is 11.4 Å². The molecule has 0 aliphatic heterocycles. The number of rotatable bonds is 5. The molecule has 0 unspecified atom stereocenters. The van der Waals surface area contributed by atoms with Gasteiger partial charge in [0.1, 0.15) is 5.82 Å². The minimum Gasteiger partial charge on any atom is -0.354 e. The molecule has 0 saturated heterocycles. The molecule has 0 radical (unpaired) electrons. The van der Waals surface area contributed by atoms with E-state index in [4.69, 9.17) is 0 Å². The van der Waals surface area contributed by atoms with Gasteiger partial charge in [0.25, 0.3) is 0 Å². The highest BCUT2D eigenvalue weighted by Gasteiger charge is 2.13. The maximum Gasteiger partial charge on any atom is 0.230 e. The quantitative estimate of drug-likeness (QED) is 0.917. The fourth-order valence-corrected chi connectivity index (χ4v) is 1.85. The molecule has 0 fully saturated rings. The maximum absolute atomic E-state index is 13.7. The lowest BCUT2D eigenvalue weighted by atomic mass is 10.1. The Kier molecular flexibility index (Phi) is 4.67. The maximum atomic E-state index is 13.7. The Labute approximate surface area is 124 Å². The summed E-state index contributed by atoms with van der Waals surface area (Å²) in [5, 5.41) is 3.15. The topological polar surface area (TPSA) is 53.9 Å². The molecule has 0 atom stereocenters. The van der Waals surface area contributed by atoms with Gasteiger partial charge in [0.15, 0.2) is 5.82 Å². The average molecular weight is 289 g/mol. The number of benzene rings is 1. The van der Waals surface area contributed by atoms with Gasteiger partial charge in [-0.3, -0.25) is 0 Å². The van der Waals surface area contributed by atoms with Crippen LogP contribution in [-0.4, -0.2) is 35.6 Å². The summed E-state index contributed by atoms with van der Waals surface area (Å²) in [4.78, 5) is 15.0. The van der Waals surface area contributed by atoms with Crippen LogP contribution in [0.5, 0.6) is 0 Å². The summed E-state index contributed by atoms with van der Waals surface area (Å²) in [6, 6.07) is 4.91. The van der Waals surface area contributed by atoms with Gasteiger partial charge in [0.2, 0.25) is 11.9 Å². The molecule has 0 saturated carbocycles. The van der Waals surface area contributed by atoms with Crippen molar-refractivity contribution in [2.24, 2.45) is 0 Å². The molecule has 0 spiro atoms. The summed E-state index contributed by atoms with van der Waals surface area (Å²) in [5.74, 6) is 1.27. The van der Waals surface area contributed by atoms with Gasteiger partial charge in [-0.1, -0.05) is 19.1 Å². The smallest absolute Gasteiger partial charge is 0.230 e. The van der Waals surface area contributed by atoms with Crippen LogP contribution in [0.1, 0.15) is 18.9 Å². The van der Waals surface area contributed by atoms with Gasteiger partial charge in [-0.15, -0.1) is 0 Å². The zero-order valence-corrected chi connectivity index (χ0v) is 12.8. The van der Waals surface area contributed by atoms with Crippen LogP contribution >= 0.6 is 0 Å². The predicted octanol–water partition coefficient (Wildman–Crippen LogP) is 2.87. The number of anilines is 2. The summed E-state index contributed by atoms with van der Waals surface area (Å²) in [6.07, 6.45) is 0.970. The van der Waals surface area contributed by atoms with Gasteiger partial charge in [-0.2, -0.15) is 15.0 Å². The Morgan fingerprint density at radius 3 is 2.62 bits per heavy atom. The molecule has 21 heavy (non-hydrogen) atoms. The number of aromatic nitrogens is 3. The summed E-state index contributed by atoms with van der Waals surface area (Å²) >= 11 is 0. The molecular weight excluding hydrogens is 269 g/mol. The monoisotopic (exact) mass is 289 g/mol. The second-order valence-corrected chi connectivity index (χ2v) is 5.02. The van der Waals surface area contributed by atoms with Gasteiger partial charge in [0, 0.05) is 26.2 Å². The van der Waals surface area contributed by atoms with Gasteiger partial charge < -0.3 is 10.2 Å². The van der Waals surface area contributed by atoms with Gasteiger partial charge in [0.05, 0.1) is 0 Å². The van der Waals surface area contributed by atoms with Gasteiger partial charge in [-0.05, 0) is 25.0 Å². The number of halogens is 1. The van der Waals surface area contributed by atoms with E-state index in [2.05, 4.69) is 27.2 Å². The fraction of sp³-hybridized carbons (Fsp3) is 0.400. The van der Waals surface area contributed by atoms with Crippen LogP contribution in [0.15, 0.2) is 18.2 Å². The van der Waals surface area contributed by atoms with Crippen molar-refractivity contribution >= 4 is 11.9 Å². The Morgan fingerprint density at radius 2 is 1.95 bits per heavy atom. The second-order valence-electron chi connectivity index (χ2n) is 5.02. The first-order chi connectivity index (χ1) is 10.0. The fourth-order valence-electron chi connectivity index (χ4n) is 1.85. The molecule has 0 amide bonds. The zero-order valence-electron chi connectivity index (χ0n) is 12.8. The first kappa shape index (κ1) is 15.2. The van der Waals surface area contributed by atoms with Crippen LogP contribution in [0.25, 0.3) is 11.4 Å². The summed E-state index contributed by atoms with van der Waals surface area (Å²) in [5.41, 5.74) is 1.22. The van der Waals surface area contributed by atoms with E-state index >= 15 is 0 Å². The van der Waals surface area contributed by atoms with Crippen LogP contribution in [0.3, 0.4) is 0 Å². The molecule has 2 aromatic rings. The number of nitrogens with zero attached hydrogens (tertiary/aromatic N) is 4. The molecule has 0 bridgehead atoms. The highest BCUT2D eigenvalue weighted by atomic mass is 19.1. The van der Waals surface area contributed by atoms with Gasteiger partial charge in [-0.25, -0.2) is 4.39 Å². The predicted molar refractivity (Wildman–Crippen MR) is 83.1 cm³/mol. The molecule has 1 aromatic heterocycles. The first-order valence-electron chi connectivity index (χ1n) is 6.95. The molecule has 1 N–H and O–H groups in total. The second kappa shape index (κ2) is 6.47. The minimum absolute atomic E-state index is 0.262. The van der Waals surface area contributed by atoms with Crippen LogP contribution in [0, 0.1) is 12.7 Å². The van der Waals surface area contributed by atoms with E-state index in [1.165, 1.54) is 6.07 Å². The van der Waals surface area contributed by atoms with E-state index in [1.54, 1.807) is 17.9 Å². The standard InChI is InChI=1S/C15H20FN5/c1-5-9-17-14-18-13(19-15(20-14)21(3)4)11-7-6-8-12(16)10(11)2/h6-8H,5,9H2,1-4H3,(H,17,18,19,20). The molecule has 1 heterocycles. The summed E-state index contributed by atoms with van der Waals surface area (Å²) in [7, 11) is 3.72. The normalized spacial score (nSPS) is 10.5. The van der Waals surface area contributed by atoms with Crippen molar-refractivity contribution in [2.75, 3.05) is 30.9 Å². The van der Waals surface area contributed by atoms with Crippen molar-refractivity contribution < 1.29 is 4.39 Å². The molecule has 0 aliphatic rings. The lowest BCUT2D eigenvalue weighted by molar-refractivity contribution is 0.619. The third-order valence-electron chi connectivity index (χ3n) is 3.07. The largest absolute Gasteiger partial charge is 0.354 e.